The van der Waals surface area contributed by atoms with Crippen molar-refractivity contribution in [3.8, 4) is 5.88 Å². The number of methoxy groups -OCH3 is 1. The molecule has 13 heavy (non-hydrogen) atoms. The Labute approximate surface area is 78.1 Å². The maximum absolute atomic E-state index is 5.63. The monoisotopic (exact) mass is 181 g/mol. The second-order valence-electron chi connectivity index (χ2n) is 2.88. The third-order valence-electron chi connectivity index (χ3n) is 1.99. The number of pyridine rings is 1. The highest BCUT2D eigenvalue weighted by Gasteiger charge is 2.10. The van der Waals surface area contributed by atoms with Gasteiger partial charge in [-0.2, -0.15) is 0 Å². The number of hydrogen-bond acceptors (Lipinski definition) is 4. The lowest BCUT2D eigenvalue weighted by Gasteiger charge is -2.13. The Morgan fingerprint density at radius 1 is 1.62 bits per heavy atom. The molecule has 0 aliphatic rings. The number of nitrogens with two attached hydrogens (primary N) is 1. The molecule has 0 unspecified atom stereocenters. The van der Waals surface area contributed by atoms with Gasteiger partial charge in [-0.25, -0.2) is 4.98 Å². The van der Waals surface area contributed by atoms with Crippen molar-refractivity contribution in [2.45, 2.75) is 13.0 Å². The van der Waals surface area contributed by atoms with Crippen LogP contribution in [0.25, 0.3) is 0 Å². The Kier molecular flexibility index (Phi) is 3.08. The van der Waals surface area contributed by atoms with Crippen LogP contribution >= 0.6 is 0 Å². The number of rotatable bonds is 3. The molecule has 0 radical (unpaired) electrons. The van der Waals surface area contributed by atoms with Gasteiger partial charge in [-0.3, -0.25) is 0 Å². The molecule has 1 heterocycles. The molecule has 0 bridgehead atoms. The molecular formula is C9H15N3O. The second-order valence-corrected chi connectivity index (χ2v) is 2.88. The molecule has 0 amide bonds. The first-order chi connectivity index (χ1) is 6.19. The minimum atomic E-state index is 0.186. The molecule has 1 aromatic rings. The van der Waals surface area contributed by atoms with Gasteiger partial charge in [0.2, 0.25) is 5.88 Å². The number of nitrogens with one attached hydrogen (secondary N) is 1. The highest BCUT2D eigenvalue weighted by atomic mass is 16.5. The molecule has 0 aromatic carbocycles. The molecule has 4 nitrogen and oxygen atoms in total. The Morgan fingerprint density at radius 3 is 2.85 bits per heavy atom. The fourth-order valence-electron chi connectivity index (χ4n) is 1.12. The van der Waals surface area contributed by atoms with Gasteiger partial charge >= 0.3 is 0 Å². The molecule has 1 rings (SSSR count). The number of hydrogen-bond donors (Lipinski definition) is 2. The van der Waals surface area contributed by atoms with Crippen molar-refractivity contribution in [3.05, 3.63) is 17.8 Å². The van der Waals surface area contributed by atoms with E-state index in [2.05, 4.69) is 10.3 Å². The van der Waals surface area contributed by atoms with E-state index in [1.165, 1.54) is 0 Å². The van der Waals surface area contributed by atoms with Gasteiger partial charge in [0.05, 0.1) is 19.0 Å². The quantitative estimate of drug-likeness (QED) is 0.729. The van der Waals surface area contributed by atoms with E-state index in [0.29, 0.717) is 11.6 Å². The van der Waals surface area contributed by atoms with Crippen molar-refractivity contribution in [2.75, 3.05) is 19.9 Å². The summed E-state index contributed by atoms with van der Waals surface area (Å²) >= 11 is 0. The van der Waals surface area contributed by atoms with Crippen LogP contribution in [-0.2, 0) is 0 Å². The molecule has 0 aliphatic heterocycles. The maximum atomic E-state index is 5.63. The zero-order valence-electron chi connectivity index (χ0n) is 8.16. The van der Waals surface area contributed by atoms with Gasteiger partial charge in [0.1, 0.15) is 0 Å². The summed E-state index contributed by atoms with van der Waals surface area (Å²) in [5.74, 6) is 0.621. The average molecular weight is 181 g/mol. The highest BCUT2D eigenvalue weighted by Crippen LogP contribution is 2.23. The predicted octanol–water partition coefficient (Wildman–Crippen LogP) is 0.953. The van der Waals surface area contributed by atoms with Crippen LogP contribution in [0.2, 0.25) is 0 Å². The molecule has 72 valence electrons. The zero-order valence-corrected chi connectivity index (χ0v) is 8.16. The van der Waals surface area contributed by atoms with Crippen LogP contribution in [0.15, 0.2) is 12.3 Å². The van der Waals surface area contributed by atoms with Gasteiger partial charge in [-0.1, -0.05) is 0 Å². The molecule has 0 spiro atoms. The van der Waals surface area contributed by atoms with Gasteiger partial charge < -0.3 is 15.8 Å². The Hall–Kier alpha value is -1.29. The van der Waals surface area contributed by atoms with Crippen LogP contribution in [-0.4, -0.2) is 19.1 Å². The topological polar surface area (TPSA) is 60.2 Å². The van der Waals surface area contributed by atoms with E-state index in [4.69, 9.17) is 10.5 Å². The predicted molar refractivity (Wildman–Crippen MR) is 52.7 cm³/mol. The van der Waals surface area contributed by atoms with Crippen molar-refractivity contribution in [1.29, 1.82) is 0 Å². The van der Waals surface area contributed by atoms with E-state index >= 15 is 0 Å². The molecule has 3 N–H and O–H groups in total. The summed E-state index contributed by atoms with van der Waals surface area (Å²) in [4.78, 5) is 4.08. The smallest absolute Gasteiger partial charge is 0.217 e. The molecule has 1 atom stereocenters. The van der Waals surface area contributed by atoms with Crippen molar-refractivity contribution in [1.82, 2.24) is 10.3 Å². The van der Waals surface area contributed by atoms with E-state index in [9.17, 15) is 0 Å². The summed E-state index contributed by atoms with van der Waals surface area (Å²) in [5, 5.41) is 3.11. The van der Waals surface area contributed by atoms with Crippen molar-refractivity contribution in [3.63, 3.8) is 0 Å². The molecule has 0 saturated carbocycles. The normalized spacial score (nSPS) is 12.5. The summed E-state index contributed by atoms with van der Waals surface area (Å²) in [5.41, 5.74) is 7.26. The molecule has 0 fully saturated rings. The molecule has 1 aromatic heterocycles. The number of aromatic nitrogens is 1. The van der Waals surface area contributed by atoms with Crippen molar-refractivity contribution >= 4 is 5.69 Å². The number of anilines is 1. The van der Waals surface area contributed by atoms with Crippen LogP contribution in [0.3, 0.4) is 0 Å². The SMILES string of the molecule is CN[C@H](C)c1cc(N)cnc1OC. The van der Waals surface area contributed by atoms with Crippen molar-refractivity contribution < 1.29 is 4.74 Å². The van der Waals surface area contributed by atoms with Crippen LogP contribution < -0.4 is 15.8 Å². The average Bonchev–Trinajstić information content (AvgIpc) is 2.16. The van der Waals surface area contributed by atoms with Gasteiger partial charge in [0.25, 0.3) is 0 Å². The van der Waals surface area contributed by atoms with E-state index in [0.717, 1.165) is 5.56 Å². The Balaban J connectivity index is 3.07. The first-order valence-corrected chi connectivity index (χ1v) is 4.15. The fraction of sp³-hybridized carbons (Fsp3) is 0.444. The summed E-state index contributed by atoms with van der Waals surface area (Å²) in [6.07, 6.45) is 1.59. The third-order valence-corrected chi connectivity index (χ3v) is 1.99. The lowest BCUT2D eigenvalue weighted by Crippen LogP contribution is -2.14. The van der Waals surface area contributed by atoms with E-state index in [1.807, 2.05) is 20.0 Å². The summed E-state index contributed by atoms with van der Waals surface area (Å²) < 4.78 is 5.12. The summed E-state index contributed by atoms with van der Waals surface area (Å²) in [7, 11) is 3.48. The second kappa shape index (κ2) is 4.09. The summed E-state index contributed by atoms with van der Waals surface area (Å²) in [6.45, 7) is 2.03. The molecule has 0 aliphatic carbocycles. The Bertz CT molecular complexity index is 288. The zero-order chi connectivity index (χ0) is 9.84. The van der Waals surface area contributed by atoms with Gasteiger partial charge in [0, 0.05) is 11.6 Å². The third kappa shape index (κ3) is 2.09. The van der Waals surface area contributed by atoms with Gasteiger partial charge in [-0.05, 0) is 20.0 Å². The van der Waals surface area contributed by atoms with E-state index in [1.54, 1.807) is 13.3 Å². The number of nitrogen functional groups attached to an aromatic ring is 1. The first-order valence-electron chi connectivity index (χ1n) is 4.15. The maximum Gasteiger partial charge on any atom is 0.217 e. The molecular weight excluding hydrogens is 166 g/mol. The molecule has 0 saturated heterocycles. The lowest BCUT2D eigenvalue weighted by atomic mass is 10.1. The van der Waals surface area contributed by atoms with E-state index < -0.39 is 0 Å². The minimum absolute atomic E-state index is 0.186. The van der Waals surface area contributed by atoms with Crippen LogP contribution in [0.1, 0.15) is 18.5 Å². The van der Waals surface area contributed by atoms with Crippen LogP contribution in [0, 0.1) is 0 Å². The standard InChI is InChI=1S/C9H15N3O/c1-6(11-2)8-4-7(10)5-12-9(8)13-3/h4-6,11H,10H2,1-3H3/t6-/m1/s1. The Morgan fingerprint density at radius 2 is 2.31 bits per heavy atom. The van der Waals surface area contributed by atoms with Gasteiger partial charge in [0.15, 0.2) is 0 Å². The van der Waals surface area contributed by atoms with Crippen molar-refractivity contribution in [2.24, 2.45) is 0 Å². The number of nitrogens with zero attached hydrogens (tertiary/aromatic N) is 1. The van der Waals surface area contributed by atoms with E-state index in [-0.39, 0.29) is 6.04 Å². The fourth-order valence-corrected chi connectivity index (χ4v) is 1.12. The lowest BCUT2D eigenvalue weighted by molar-refractivity contribution is 0.387. The molecule has 4 heteroatoms. The largest absolute Gasteiger partial charge is 0.481 e. The van der Waals surface area contributed by atoms with Gasteiger partial charge in [-0.15, -0.1) is 0 Å². The summed E-state index contributed by atoms with van der Waals surface area (Å²) in [6, 6.07) is 2.05. The number of ether oxygens (including phenoxy) is 1. The highest BCUT2D eigenvalue weighted by molar-refractivity contribution is 5.43. The minimum Gasteiger partial charge on any atom is -0.481 e. The first kappa shape index (κ1) is 9.80. The van der Waals surface area contributed by atoms with Crippen LogP contribution in [0.4, 0.5) is 5.69 Å². The van der Waals surface area contributed by atoms with Crippen LogP contribution in [0.5, 0.6) is 5.88 Å².